The number of nitrogens with one attached hydrogen (secondary N) is 1. The van der Waals surface area contributed by atoms with Gasteiger partial charge in [-0.3, -0.25) is 0 Å². The van der Waals surface area contributed by atoms with E-state index in [1.165, 1.54) is 5.56 Å². The minimum absolute atomic E-state index is 0.236. The first kappa shape index (κ1) is 17.7. The number of carbonyl (C=O) groups is 1. The minimum atomic E-state index is -0.531. The summed E-state index contributed by atoms with van der Waals surface area (Å²) >= 11 is 6.11. The molecule has 2 radical (unpaired) electrons. The van der Waals surface area contributed by atoms with E-state index in [0.29, 0.717) is 11.0 Å². The van der Waals surface area contributed by atoms with Crippen molar-refractivity contribution < 1.29 is 9.53 Å². The van der Waals surface area contributed by atoms with Crippen molar-refractivity contribution in [2.75, 3.05) is 25.0 Å². The van der Waals surface area contributed by atoms with E-state index >= 15 is 0 Å². The maximum Gasteiger partial charge on any atom is 0.339 e. The van der Waals surface area contributed by atoms with Crippen LogP contribution in [0, 0.1) is 0 Å². The number of ether oxygens (including phenoxy) is 1. The van der Waals surface area contributed by atoms with Gasteiger partial charge in [0.1, 0.15) is 13.4 Å². The highest BCUT2D eigenvalue weighted by Gasteiger charge is 2.47. The second kappa shape index (κ2) is 6.31. The van der Waals surface area contributed by atoms with Gasteiger partial charge in [0.15, 0.2) is 0 Å². The Morgan fingerprint density at radius 2 is 2.04 bits per heavy atom. The van der Waals surface area contributed by atoms with Crippen LogP contribution in [0.5, 0.6) is 0 Å². The van der Waals surface area contributed by atoms with Crippen molar-refractivity contribution in [2.24, 2.45) is 0 Å². The van der Waals surface area contributed by atoms with Crippen molar-refractivity contribution in [1.29, 1.82) is 0 Å². The van der Waals surface area contributed by atoms with Gasteiger partial charge in [-0.2, -0.15) is 0 Å². The minimum Gasteiger partial charge on any atom is -0.450 e. The lowest BCUT2D eigenvalue weighted by Crippen LogP contribution is -2.43. The lowest BCUT2D eigenvalue weighted by atomic mass is 9.81. The fourth-order valence-corrected chi connectivity index (χ4v) is 4.94. The van der Waals surface area contributed by atoms with E-state index in [0.717, 1.165) is 54.4 Å². The highest BCUT2D eigenvalue weighted by molar-refractivity contribution is 6.32. The number of hydrogen-bond donors (Lipinski definition) is 1. The molecule has 0 amide bonds. The summed E-state index contributed by atoms with van der Waals surface area (Å²) in [5, 5.41) is 4.17. The van der Waals surface area contributed by atoms with Gasteiger partial charge in [-0.1, -0.05) is 47.9 Å². The molecule has 1 saturated heterocycles. The molecule has 2 aromatic rings. The summed E-state index contributed by atoms with van der Waals surface area (Å²) < 4.78 is 5.86. The summed E-state index contributed by atoms with van der Waals surface area (Å²) in [4.78, 5) is 14.7. The fraction of sp³-hybridized carbons (Fsp3) is 0.318. The Kier molecular flexibility index (Phi) is 3.99. The zero-order valence-electron chi connectivity index (χ0n) is 15.5. The predicted octanol–water partition coefficient (Wildman–Crippen LogP) is 3.32. The molecule has 2 aromatic carbocycles. The molecule has 4 nitrogen and oxygen atoms in total. The summed E-state index contributed by atoms with van der Waals surface area (Å²) in [5.74, 6) is -0.0279. The number of carbonyl (C=O) groups excluding carboxylic acids is 1. The molecular formula is C22H20BClN2O2. The smallest absolute Gasteiger partial charge is 0.339 e. The zero-order valence-corrected chi connectivity index (χ0v) is 16.3. The number of esters is 1. The van der Waals surface area contributed by atoms with Gasteiger partial charge in [0.2, 0.25) is 0 Å². The highest BCUT2D eigenvalue weighted by Crippen LogP contribution is 2.46. The van der Waals surface area contributed by atoms with Crippen LogP contribution in [0.2, 0.25) is 5.02 Å². The third-order valence-electron chi connectivity index (χ3n) is 6.31. The first-order valence-corrected chi connectivity index (χ1v) is 9.95. The Bertz CT molecular complexity index is 998. The van der Waals surface area contributed by atoms with Crippen LogP contribution in [0.4, 0.5) is 5.69 Å². The van der Waals surface area contributed by atoms with E-state index in [1.807, 2.05) is 24.3 Å². The van der Waals surface area contributed by atoms with E-state index in [9.17, 15) is 4.79 Å². The van der Waals surface area contributed by atoms with E-state index in [2.05, 4.69) is 22.9 Å². The first-order chi connectivity index (χ1) is 13.5. The Hall–Kier alpha value is -2.40. The SMILES string of the molecule is [B]c1ccc2c(c1)C(=O)OC21CCN(C(=C)C2CNc3cc(Cl)ccc32)CC1. The van der Waals surface area contributed by atoms with Gasteiger partial charge in [0, 0.05) is 60.4 Å². The normalized spacial score (nSPS) is 21.8. The van der Waals surface area contributed by atoms with Crippen molar-refractivity contribution in [3.05, 3.63) is 70.4 Å². The van der Waals surface area contributed by atoms with E-state index in [4.69, 9.17) is 24.2 Å². The van der Waals surface area contributed by atoms with Gasteiger partial charge in [0.25, 0.3) is 0 Å². The molecule has 1 unspecified atom stereocenters. The van der Waals surface area contributed by atoms with Crippen LogP contribution in [-0.2, 0) is 10.3 Å². The van der Waals surface area contributed by atoms with Gasteiger partial charge < -0.3 is 15.0 Å². The summed E-state index contributed by atoms with van der Waals surface area (Å²) in [6.45, 7) is 6.82. The summed E-state index contributed by atoms with van der Waals surface area (Å²) in [7, 11) is 5.85. The highest BCUT2D eigenvalue weighted by atomic mass is 35.5. The molecular weight excluding hydrogens is 371 g/mol. The Balaban J connectivity index is 1.34. The lowest BCUT2D eigenvalue weighted by molar-refractivity contribution is -0.0388. The van der Waals surface area contributed by atoms with Crippen LogP contribution in [0.15, 0.2) is 48.7 Å². The van der Waals surface area contributed by atoms with Crippen LogP contribution in [0.1, 0.15) is 40.2 Å². The molecule has 6 heteroatoms. The largest absolute Gasteiger partial charge is 0.450 e. The molecule has 3 heterocycles. The Morgan fingerprint density at radius 3 is 2.82 bits per heavy atom. The van der Waals surface area contributed by atoms with Crippen molar-refractivity contribution >= 4 is 36.6 Å². The standard InChI is InChI=1S/C22H20BClN2O2/c1-13(18-12-25-20-11-15(24)3-4-16(18)20)26-8-6-22(7-9-26)19-5-2-14(23)10-17(19)21(27)28-22/h2-5,10-11,18,25H,1,6-9,12H2. The van der Waals surface area contributed by atoms with Crippen molar-refractivity contribution in [3.63, 3.8) is 0 Å². The third kappa shape index (κ3) is 2.64. The number of rotatable bonds is 2. The number of nitrogens with zero attached hydrogens (tertiary/aromatic N) is 1. The van der Waals surface area contributed by atoms with Gasteiger partial charge in [-0.25, -0.2) is 4.79 Å². The first-order valence-electron chi connectivity index (χ1n) is 9.57. The van der Waals surface area contributed by atoms with E-state index < -0.39 is 5.60 Å². The number of hydrogen-bond acceptors (Lipinski definition) is 4. The summed E-state index contributed by atoms with van der Waals surface area (Å²) in [6.07, 6.45) is 1.50. The molecule has 3 aliphatic rings. The van der Waals surface area contributed by atoms with Crippen molar-refractivity contribution in [2.45, 2.75) is 24.4 Å². The number of benzene rings is 2. The monoisotopic (exact) mass is 390 g/mol. The van der Waals surface area contributed by atoms with Gasteiger partial charge in [-0.15, -0.1) is 0 Å². The second-order valence-electron chi connectivity index (χ2n) is 7.83. The van der Waals surface area contributed by atoms with Crippen molar-refractivity contribution in [3.8, 4) is 0 Å². The molecule has 1 fully saturated rings. The molecule has 0 bridgehead atoms. The summed E-state index contributed by atoms with van der Waals surface area (Å²) in [6, 6.07) is 11.5. The second-order valence-corrected chi connectivity index (χ2v) is 8.27. The average molecular weight is 391 g/mol. The number of piperidine rings is 1. The maximum absolute atomic E-state index is 12.4. The molecule has 1 atom stereocenters. The number of anilines is 1. The number of fused-ring (bicyclic) bond motifs is 3. The quantitative estimate of drug-likeness (QED) is 0.631. The molecule has 1 N–H and O–H groups in total. The Labute approximate surface area is 170 Å². The third-order valence-corrected chi connectivity index (χ3v) is 6.54. The van der Waals surface area contributed by atoms with Gasteiger partial charge in [0.05, 0.1) is 5.56 Å². The van der Waals surface area contributed by atoms with Crippen LogP contribution in [-0.4, -0.2) is 38.3 Å². The molecule has 5 rings (SSSR count). The van der Waals surface area contributed by atoms with E-state index in [1.54, 1.807) is 6.07 Å². The van der Waals surface area contributed by atoms with Crippen LogP contribution in [0.25, 0.3) is 0 Å². The molecule has 0 aromatic heterocycles. The zero-order chi connectivity index (χ0) is 19.5. The molecule has 0 aliphatic carbocycles. The Morgan fingerprint density at radius 1 is 1.25 bits per heavy atom. The lowest BCUT2D eigenvalue weighted by Gasteiger charge is -2.41. The van der Waals surface area contributed by atoms with Crippen LogP contribution < -0.4 is 10.8 Å². The number of halogens is 1. The molecule has 3 aliphatic heterocycles. The molecule has 28 heavy (non-hydrogen) atoms. The predicted molar refractivity (Wildman–Crippen MR) is 112 cm³/mol. The average Bonchev–Trinajstić information content (AvgIpc) is 3.21. The van der Waals surface area contributed by atoms with E-state index in [-0.39, 0.29) is 11.9 Å². The van der Waals surface area contributed by atoms with Crippen LogP contribution in [0.3, 0.4) is 0 Å². The topological polar surface area (TPSA) is 41.6 Å². The number of likely N-dealkylation sites (tertiary alicyclic amines) is 1. The van der Waals surface area contributed by atoms with Gasteiger partial charge >= 0.3 is 5.97 Å². The fourth-order valence-electron chi connectivity index (χ4n) is 4.77. The summed E-state index contributed by atoms with van der Waals surface area (Å²) in [5.41, 5.74) is 5.07. The van der Waals surface area contributed by atoms with Gasteiger partial charge in [-0.05, 0) is 17.7 Å². The maximum atomic E-state index is 12.4. The molecule has 1 spiro atoms. The molecule has 0 saturated carbocycles. The molecule has 140 valence electrons. The van der Waals surface area contributed by atoms with Crippen LogP contribution >= 0.6 is 11.6 Å². The van der Waals surface area contributed by atoms with Crippen molar-refractivity contribution in [1.82, 2.24) is 4.90 Å².